The fourth-order valence-corrected chi connectivity index (χ4v) is 3.91. The van der Waals surface area contributed by atoms with Crippen LogP contribution in [-0.2, 0) is 0 Å². The van der Waals surface area contributed by atoms with Gasteiger partial charge in [0.15, 0.2) is 0 Å². The Hall–Kier alpha value is -2.26. The molecule has 2 aliphatic carbocycles. The lowest BCUT2D eigenvalue weighted by Crippen LogP contribution is -1.94. The monoisotopic (exact) mass is 350 g/mol. The zero-order valence-corrected chi connectivity index (χ0v) is 15.8. The average molecular weight is 350 g/mol. The molecule has 0 aromatic heterocycles. The number of benzene rings is 1. The second-order valence-electron chi connectivity index (χ2n) is 6.71. The minimum absolute atomic E-state index is 0.318. The number of carbonyl (C=O) groups is 1. The summed E-state index contributed by atoms with van der Waals surface area (Å²) in [6, 6.07) is 16.0. The molecule has 0 heterocycles. The summed E-state index contributed by atoms with van der Waals surface area (Å²) >= 11 is 1.69. The van der Waals surface area contributed by atoms with Gasteiger partial charge in [-0.2, -0.15) is 0 Å². The number of rotatable bonds is 4. The van der Waals surface area contributed by atoms with Crippen LogP contribution in [0.15, 0.2) is 58.3 Å². The van der Waals surface area contributed by atoms with Gasteiger partial charge in [-0.15, -0.1) is 0 Å². The van der Waals surface area contributed by atoms with Crippen molar-refractivity contribution in [2.75, 3.05) is 0 Å². The van der Waals surface area contributed by atoms with Crippen LogP contribution in [0, 0.1) is 13.8 Å². The van der Waals surface area contributed by atoms with Crippen molar-refractivity contribution >= 4 is 17.7 Å². The second-order valence-corrected chi connectivity index (χ2v) is 7.82. The van der Waals surface area contributed by atoms with Gasteiger partial charge in [0.1, 0.15) is 0 Å². The smallest absolute Gasteiger partial charge is 0.335 e. The molecule has 1 aromatic carbocycles. The zero-order chi connectivity index (χ0) is 18.1. The molecular formula is C22H22O2S. The van der Waals surface area contributed by atoms with E-state index in [9.17, 15) is 4.79 Å². The molecule has 3 rings (SSSR count). The highest BCUT2D eigenvalue weighted by atomic mass is 32.2. The highest BCUT2D eigenvalue weighted by molar-refractivity contribution is 7.99. The third kappa shape index (κ3) is 3.57. The van der Waals surface area contributed by atoms with Crippen LogP contribution in [0.3, 0.4) is 0 Å². The first-order chi connectivity index (χ1) is 11.9. The lowest BCUT2D eigenvalue weighted by molar-refractivity contribution is 0.0697. The van der Waals surface area contributed by atoms with E-state index in [1.54, 1.807) is 23.9 Å². The first kappa shape index (κ1) is 17.6. The van der Waals surface area contributed by atoms with Crippen LogP contribution in [0.5, 0.6) is 0 Å². The summed E-state index contributed by atoms with van der Waals surface area (Å²) in [5.41, 5.74) is 6.80. The van der Waals surface area contributed by atoms with E-state index in [0.717, 1.165) is 4.90 Å². The fraction of sp³-hybridized carbons (Fsp3) is 0.227. The molecule has 0 spiro atoms. The van der Waals surface area contributed by atoms with Crippen molar-refractivity contribution in [1.29, 1.82) is 0 Å². The molecule has 0 radical (unpaired) electrons. The van der Waals surface area contributed by atoms with E-state index < -0.39 is 5.97 Å². The van der Waals surface area contributed by atoms with Crippen LogP contribution in [0.2, 0.25) is 0 Å². The number of hydrogen-bond acceptors (Lipinski definition) is 2. The molecule has 0 amide bonds. The van der Waals surface area contributed by atoms with Gasteiger partial charge in [0.2, 0.25) is 0 Å². The molecule has 0 bridgehead atoms. The third-order valence-corrected chi connectivity index (χ3v) is 5.75. The number of aryl methyl sites for hydroxylation is 1. The third-order valence-electron chi connectivity index (χ3n) is 4.60. The summed E-state index contributed by atoms with van der Waals surface area (Å²) in [6.45, 7) is 8.75. The topological polar surface area (TPSA) is 37.3 Å². The summed E-state index contributed by atoms with van der Waals surface area (Å²) < 4.78 is 0. The molecule has 2 aliphatic rings. The molecule has 1 aromatic rings. The quantitative estimate of drug-likeness (QED) is 0.593. The maximum atomic E-state index is 11.0. The molecule has 0 saturated carbocycles. The molecule has 0 aliphatic heterocycles. The van der Waals surface area contributed by atoms with Gasteiger partial charge in [-0.05, 0) is 77.9 Å². The van der Waals surface area contributed by atoms with E-state index in [1.165, 1.54) is 32.7 Å². The second kappa shape index (κ2) is 6.93. The van der Waals surface area contributed by atoms with E-state index >= 15 is 0 Å². The lowest BCUT2D eigenvalue weighted by Gasteiger charge is -2.04. The van der Waals surface area contributed by atoms with Gasteiger partial charge >= 0.3 is 5.97 Å². The Morgan fingerprint density at radius 1 is 0.960 bits per heavy atom. The Labute approximate surface area is 153 Å². The summed E-state index contributed by atoms with van der Waals surface area (Å²) in [5.74, 6) is -0.403. The molecule has 0 atom stereocenters. The Morgan fingerprint density at radius 2 is 1.64 bits per heavy atom. The van der Waals surface area contributed by atoms with Gasteiger partial charge in [-0.1, -0.05) is 43.8 Å². The van der Waals surface area contributed by atoms with Crippen LogP contribution < -0.4 is 0 Å². The number of carboxylic acid groups (broad SMARTS) is 1. The van der Waals surface area contributed by atoms with Crippen molar-refractivity contribution in [2.24, 2.45) is 0 Å². The predicted molar refractivity (Wildman–Crippen MR) is 104 cm³/mol. The van der Waals surface area contributed by atoms with Crippen molar-refractivity contribution in [1.82, 2.24) is 0 Å². The van der Waals surface area contributed by atoms with Crippen LogP contribution in [0.25, 0.3) is 11.1 Å². The summed E-state index contributed by atoms with van der Waals surface area (Å²) in [6.07, 6.45) is 0. The molecule has 25 heavy (non-hydrogen) atoms. The number of aromatic carboxylic acids is 1. The van der Waals surface area contributed by atoms with Gasteiger partial charge in [0, 0.05) is 9.79 Å². The standard InChI is InChI=1S/C22H22O2S/c1-13(2)17-6-5-14(3)19-12-21(15(4)20(19)11-17)25-18-9-7-16(8-10-18)22(23)24/h5-13H,1-4H3,(H,23,24). The van der Waals surface area contributed by atoms with E-state index in [0.29, 0.717) is 11.5 Å². The molecule has 0 unspecified atom stereocenters. The van der Waals surface area contributed by atoms with Crippen LogP contribution in [-0.4, -0.2) is 11.1 Å². The minimum Gasteiger partial charge on any atom is -0.478 e. The molecule has 1 N–H and O–H groups in total. The Balaban J connectivity index is 2.02. The number of carboxylic acids is 1. The Kier molecular flexibility index (Phi) is 4.87. The van der Waals surface area contributed by atoms with Gasteiger partial charge in [-0.3, -0.25) is 0 Å². The van der Waals surface area contributed by atoms with Crippen LogP contribution in [0.4, 0.5) is 0 Å². The molecule has 2 nitrogen and oxygen atoms in total. The summed E-state index contributed by atoms with van der Waals surface area (Å²) in [7, 11) is 0. The molecule has 0 saturated heterocycles. The lowest BCUT2D eigenvalue weighted by atomic mass is 10.0. The normalized spacial score (nSPS) is 11.2. The predicted octanol–water partition coefficient (Wildman–Crippen LogP) is 6.38. The summed E-state index contributed by atoms with van der Waals surface area (Å²) in [5, 5.41) is 9.02. The minimum atomic E-state index is -0.892. The molecular weight excluding hydrogens is 328 g/mol. The Bertz CT molecular complexity index is 895. The van der Waals surface area contributed by atoms with Crippen molar-refractivity contribution in [3.63, 3.8) is 0 Å². The maximum Gasteiger partial charge on any atom is 0.335 e. The van der Waals surface area contributed by atoms with Crippen molar-refractivity contribution in [3.05, 3.63) is 70.8 Å². The Morgan fingerprint density at radius 3 is 2.24 bits per heavy atom. The first-order valence-electron chi connectivity index (χ1n) is 8.42. The van der Waals surface area contributed by atoms with Crippen LogP contribution >= 0.6 is 11.8 Å². The SMILES string of the molecule is Cc1ccc(C(C)C)cc2c(C)c(Sc3ccc(C(=O)O)cc3)cc1-2. The zero-order valence-electron chi connectivity index (χ0n) is 15.0. The number of hydrogen-bond donors (Lipinski definition) is 1. The van der Waals surface area contributed by atoms with Crippen molar-refractivity contribution in [3.8, 4) is 11.1 Å². The molecule has 128 valence electrons. The first-order valence-corrected chi connectivity index (χ1v) is 9.23. The highest BCUT2D eigenvalue weighted by Gasteiger charge is 2.16. The van der Waals surface area contributed by atoms with Gasteiger partial charge in [-0.25, -0.2) is 4.79 Å². The summed E-state index contributed by atoms with van der Waals surface area (Å²) in [4.78, 5) is 13.3. The van der Waals surface area contributed by atoms with Gasteiger partial charge in [0.05, 0.1) is 5.56 Å². The van der Waals surface area contributed by atoms with Crippen LogP contribution in [0.1, 0.15) is 46.8 Å². The highest BCUT2D eigenvalue weighted by Crippen LogP contribution is 2.41. The van der Waals surface area contributed by atoms with Crippen molar-refractivity contribution in [2.45, 2.75) is 43.4 Å². The maximum absolute atomic E-state index is 11.0. The van der Waals surface area contributed by atoms with Gasteiger partial charge in [0.25, 0.3) is 0 Å². The van der Waals surface area contributed by atoms with Crippen molar-refractivity contribution < 1.29 is 9.90 Å². The largest absolute Gasteiger partial charge is 0.478 e. The number of fused-ring (bicyclic) bond motifs is 1. The van der Waals surface area contributed by atoms with Gasteiger partial charge < -0.3 is 5.11 Å². The van der Waals surface area contributed by atoms with E-state index in [2.05, 4.69) is 52.0 Å². The van der Waals surface area contributed by atoms with E-state index in [4.69, 9.17) is 5.11 Å². The van der Waals surface area contributed by atoms with E-state index in [1.807, 2.05) is 12.1 Å². The fourth-order valence-electron chi connectivity index (χ4n) is 2.95. The molecule has 3 heteroatoms. The van der Waals surface area contributed by atoms with E-state index in [-0.39, 0.29) is 0 Å². The molecule has 0 fully saturated rings. The average Bonchev–Trinajstić information content (AvgIpc) is 2.77.